The molecule has 3 aromatic rings. The van der Waals surface area contributed by atoms with E-state index in [0.29, 0.717) is 11.4 Å². The highest BCUT2D eigenvalue weighted by Gasteiger charge is 2.40. The summed E-state index contributed by atoms with van der Waals surface area (Å²) in [5.74, 6) is 0.442. The Hall–Kier alpha value is -2.91. The van der Waals surface area contributed by atoms with E-state index in [1.807, 2.05) is 19.1 Å². The SMILES string of the molecule is Cc1c([C@@H](N)Nc2nnc(C)c3ccc(N4CC(C)(N(C)C)C4)cc23)cccc1C(F)(F)F. The number of anilines is 2. The lowest BCUT2D eigenvalue weighted by atomic mass is 9.90. The molecule has 1 aromatic heterocycles. The van der Waals surface area contributed by atoms with Crippen molar-refractivity contribution >= 4 is 22.3 Å². The lowest BCUT2D eigenvalue weighted by Gasteiger charge is -2.53. The Morgan fingerprint density at radius 3 is 2.42 bits per heavy atom. The zero-order valence-corrected chi connectivity index (χ0v) is 19.5. The Labute approximate surface area is 191 Å². The van der Waals surface area contributed by atoms with Crippen molar-refractivity contribution in [3.8, 4) is 0 Å². The quantitative estimate of drug-likeness (QED) is 0.550. The molecule has 0 aliphatic carbocycles. The first-order chi connectivity index (χ1) is 15.4. The van der Waals surface area contributed by atoms with Gasteiger partial charge in [0.15, 0.2) is 5.82 Å². The number of halogens is 3. The molecular weight excluding hydrogens is 429 g/mol. The highest BCUT2D eigenvalue weighted by molar-refractivity contribution is 5.95. The van der Waals surface area contributed by atoms with Crippen LogP contribution in [-0.4, -0.2) is 47.8 Å². The first-order valence-corrected chi connectivity index (χ1v) is 10.8. The van der Waals surface area contributed by atoms with E-state index in [9.17, 15) is 13.2 Å². The third-order valence-corrected chi connectivity index (χ3v) is 6.76. The summed E-state index contributed by atoms with van der Waals surface area (Å²) in [5.41, 5.74) is 8.02. The normalized spacial score (nSPS) is 16.7. The molecule has 1 aliphatic rings. The number of aryl methyl sites for hydroxylation is 1. The molecule has 0 spiro atoms. The van der Waals surface area contributed by atoms with Crippen LogP contribution in [0.3, 0.4) is 0 Å². The highest BCUT2D eigenvalue weighted by atomic mass is 19.4. The number of nitrogens with one attached hydrogen (secondary N) is 1. The van der Waals surface area contributed by atoms with Gasteiger partial charge in [0.2, 0.25) is 0 Å². The molecule has 0 radical (unpaired) electrons. The van der Waals surface area contributed by atoms with Gasteiger partial charge in [0.25, 0.3) is 0 Å². The van der Waals surface area contributed by atoms with Gasteiger partial charge in [-0.1, -0.05) is 18.2 Å². The molecule has 9 heteroatoms. The fourth-order valence-electron chi connectivity index (χ4n) is 4.34. The van der Waals surface area contributed by atoms with Crippen LogP contribution in [0.2, 0.25) is 0 Å². The molecule has 2 heterocycles. The Morgan fingerprint density at radius 2 is 1.79 bits per heavy atom. The van der Waals surface area contributed by atoms with Crippen molar-refractivity contribution in [1.82, 2.24) is 15.1 Å². The van der Waals surface area contributed by atoms with E-state index in [0.717, 1.165) is 41.3 Å². The van der Waals surface area contributed by atoms with Gasteiger partial charge in [0, 0.05) is 29.5 Å². The van der Waals surface area contributed by atoms with E-state index < -0.39 is 17.9 Å². The van der Waals surface area contributed by atoms with E-state index in [-0.39, 0.29) is 11.1 Å². The fraction of sp³-hybridized carbons (Fsp3) is 0.417. The van der Waals surface area contributed by atoms with Crippen molar-refractivity contribution in [2.75, 3.05) is 37.4 Å². The molecule has 1 atom stereocenters. The summed E-state index contributed by atoms with van der Waals surface area (Å²) in [5, 5.41) is 13.3. The molecule has 1 saturated heterocycles. The summed E-state index contributed by atoms with van der Waals surface area (Å²) in [4.78, 5) is 4.51. The molecule has 1 fully saturated rings. The molecule has 176 valence electrons. The number of hydrogen-bond acceptors (Lipinski definition) is 6. The largest absolute Gasteiger partial charge is 0.416 e. The molecular formula is C24H29F3N6. The maximum Gasteiger partial charge on any atom is 0.416 e. The number of benzene rings is 2. The van der Waals surface area contributed by atoms with Gasteiger partial charge >= 0.3 is 6.18 Å². The molecule has 4 rings (SSSR count). The van der Waals surface area contributed by atoms with E-state index in [4.69, 9.17) is 5.73 Å². The van der Waals surface area contributed by atoms with Gasteiger partial charge in [-0.15, -0.1) is 5.10 Å². The maximum absolute atomic E-state index is 13.3. The minimum absolute atomic E-state index is 0.0959. The third kappa shape index (κ3) is 4.22. The zero-order chi connectivity index (χ0) is 24.1. The monoisotopic (exact) mass is 458 g/mol. The molecule has 0 bridgehead atoms. The average molecular weight is 459 g/mol. The molecule has 33 heavy (non-hydrogen) atoms. The number of alkyl halides is 3. The summed E-state index contributed by atoms with van der Waals surface area (Å²) in [6.07, 6.45) is -5.32. The zero-order valence-electron chi connectivity index (χ0n) is 19.5. The second kappa shape index (κ2) is 8.14. The average Bonchev–Trinajstić information content (AvgIpc) is 2.72. The van der Waals surface area contributed by atoms with Crippen molar-refractivity contribution in [2.24, 2.45) is 5.73 Å². The highest BCUT2D eigenvalue weighted by Crippen LogP contribution is 2.36. The number of nitrogens with zero attached hydrogens (tertiary/aromatic N) is 4. The van der Waals surface area contributed by atoms with Crippen LogP contribution in [0.1, 0.15) is 35.5 Å². The first kappa shape index (κ1) is 23.3. The van der Waals surface area contributed by atoms with Gasteiger partial charge in [0.05, 0.1) is 16.8 Å². The predicted octanol–water partition coefficient (Wildman–Crippen LogP) is 4.48. The molecule has 2 aromatic carbocycles. The molecule has 6 nitrogen and oxygen atoms in total. The fourth-order valence-corrected chi connectivity index (χ4v) is 4.34. The third-order valence-electron chi connectivity index (χ3n) is 6.76. The smallest absolute Gasteiger partial charge is 0.368 e. The lowest BCUT2D eigenvalue weighted by molar-refractivity contribution is -0.138. The van der Waals surface area contributed by atoms with E-state index >= 15 is 0 Å². The lowest BCUT2D eigenvalue weighted by Crippen LogP contribution is -2.67. The molecule has 1 aliphatic heterocycles. The Balaban J connectivity index is 1.67. The minimum atomic E-state index is -4.44. The van der Waals surface area contributed by atoms with E-state index in [1.165, 1.54) is 13.0 Å². The first-order valence-electron chi connectivity index (χ1n) is 10.8. The second-order valence-electron chi connectivity index (χ2n) is 9.25. The van der Waals surface area contributed by atoms with Crippen LogP contribution in [0.4, 0.5) is 24.7 Å². The molecule has 0 unspecified atom stereocenters. The summed E-state index contributed by atoms with van der Waals surface area (Å²) >= 11 is 0. The number of fused-ring (bicyclic) bond motifs is 1. The van der Waals surface area contributed by atoms with Crippen LogP contribution in [-0.2, 0) is 6.18 Å². The minimum Gasteiger partial charge on any atom is -0.368 e. The summed E-state index contributed by atoms with van der Waals surface area (Å²) in [6.45, 7) is 7.33. The van der Waals surface area contributed by atoms with Crippen molar-refractivity contribution in [3.63, 3.8) is 0 Å². The van der Waals surface area contributed by atoms with E-state index in [1.54, 1.807) is 6.07 Å². The molecule has 0 amide bonds. The van der Waals surface area contributed by atoms with Crippen LogP contribution in [0.25, 0.3) is 10.8 Å². The van der Waals surface area contributed by atoms with Crippen LogP contribution in [0.15, 0.2) is 36.4 Å². The van der Waals surface area contributed by atoms with Crippen molar-refractivity contribution in [2.45, 2.75) is 38.7 Å². The van der Waals surface area contributed by atoms with E-state index in [2.05, 4.69) is 52.4 Å². The number of aromatic nitrogens is 2. The van der Waals surface area contributed by atoms with Crippen molar-refractivity contribution < 1.29 is 13.2 Å². The van der Waals surface area contributed by atoms with Crippen LogP contribution >= 0.6 is 0 Å². The topological polar surface area (TPSA) is 70.3 Å². The number of rotatable bonds is 5. The Morgan fingerprint density at radius 1 is 1.09 bits per heavy atom. The summed E-state index contributed by atoms with van der Waals surface area (Å²) in [7, 11) is 4.16. The van der Waals surface area contributed by atoms with Crippen LogP contribution in [0, 0.1) is 13.8 Å². The number of nitrogens with two attached hydrogens (primary N) is 1. The maximum atomic E-state index is 13.3. The summed E-state index contributed by atoms with van der Waals surface area (Å²) in [6, 6.07) is 10.1. The van der Waals surface area contributed by atoms with Gasteiger partial charge < -0.3 is 20.9 Å². The van der Waals surface area contributed by atoms with Gasteiger partial charge in [-0.2, -0.15) is 18.3 Å². The Kier molecular flexibility index (Phi) is 5.74. The standard InChI is InChI=1S/C24H29F3N6/c1-14-17(7-6-8-20(14)24(25,26)27)21(28)29-22-19-11-16(9-10-18(19)15(2)30-31-22)33-12-23(3,13-33)32(4)5/h6-11,21H,12-13,28H2,1-5H3,(H,29,31)/t21-/m0/s1. The van der Waals surface area contributed by atoms with Gasteiger partial charge in [-0.05, 0) is 64.2 Å². The second-order valence-corrected chi connectivity index (χ2v) is 9.25. The summed E-state index contributed by atoms with van der Waals surface area (Å²) < 4.78 is 40.0. The Bertz CT molecular complexity index is 1180. The van der Waals surface area contributed by atoms with Crippen LogP contribution in [0.5, 0.6) is 0 Å². The van der Waals surface area contributed by atoms with Crippen LogP contribution < -0.4 is 16.0 Å². The van der Waals surface area contributed by atoms with Crippen molar-refractivity contribution in [3.05, 3.63) is 58.8 Å². The predicted molar refractivity (Wildman–Crippen MR) is 125 cm³/mol. The number of likely N-dealkylation sites (N-methyl/N-ethyl adjacent to an activating group) is 1. The number of hydrogen-bond donors (Lipinski definition) is 2. The molecule has 0 saturated carbocycles. The van der Waals surface area contributed by atoms with Gasteiger partial charge in [-0.25, -0.2) is 0 Å². The molecule has 3 N–H and O–H groups in total. The van der Waals surface area contributed by atoms with Gasteiger partial charge in [0.1, 0.15) is 6.17 Å². The van der Waals surface area contributed by atoms with Gasteiger partial charge in [-0.3, -0.25) is 0 Å². The van der Waals surface area contributed by atoms with Crippen molar-refractivity contribution in [1.29, 1.82) is 0 Å².